The monoisotopic (exact) mass is 490 g/mol. The molecule has 5 heteroatoms. The van der Waals surface area contributed by atoms with Gasteiger partial charge in [0, 0.05) is 27.9 Å². The lowest BCUT2D eigenvalue weighted by Gasteiger charge is -2.45. The average molecular weight is 491 g/mol. The lowest BCUT2D eigenvalue weighted by atomic mass is 9.58. The highest BCUT2D eigenvalue weighted by Crippen LogP contribution is 2.48. The zero-order valence-electron chi connectivity index (χ0n) is 17.6. The van der Waals surface area contributed by atoms with Crippen molar-refractivity contribution in [1.29, 1.82) is 0 Å². The van der Waals surface area contributed by atoms with Gasteiger partial charge in [0.15, 0.2) is 11.6 Å². The first kappa shape index (κ1) is 22.3. The molecule has 0 spiro atoms. The Labute approximate surface area is 195 Å². The Kier molecular flexibility index (Phi) is 6.22. The van der Waals surface area contributed by atoms with E-state index in [4.69, 9.17) is 0 Å². The van der Waals surface area contributed by atoms with E-state index in [1.807, 2.05) is 18.2 Å². The molecule has 0 aromatic heterocycles. The first-order valence-corrected chi connectivity index (χ1v) is 11.3. The Morgan fingerprint density at radius 1 is 0.844 bits per heavy atom. The molecule has 4 rings (SSSR count). The third kappa shape index (κ3) is 4.23. The van der Waals surface area contributed by atoms with Crippen molar-refractivity contribution in [3.8, 4) is 0 Å². The van der Waals surface area contributed by atoms with Crippen molar-refractivity contribution in [2.75, 3.05) is 0 Å². The second-order valence-electron chi connectivity index (χ2n) is 8.49. The van der Waals surface area contributed by atoms with Crippen LogP contribution < -0.4 is 0 Å². The van der Waals surface area contributed by atoms with Crippen molar-refractivity contribution in [3.63, 3.8) is 0 Å². The van der Waals surface area contributed by atoms with E-state index in [0.717, 1.165) is 4.47 Å². The van der Waals surface area contributed by atoms with Crippen molar-refractivity contribution in [3.05, 3.63) is 106 Å². The molecule has 0 aliphatic heterocycles. The summed E-state index contributed by atoms with van der Waals surface area (Å²) in [5.41, 5.74) is -0.0551. The highest BCUT2D eigenvalue weighted by Gasteiger charge is 2.55. The normalized spacial score (nSPS) is 25.3. The number of rotatable bonds is 5. The fourth-order valence-electron chi connectivity index (χ4n) is 4.74. The molecule has 0 heterocycles. The van der Waals surface area contributed by atoms with Crippen molar-refractivity contribution in [2.45, 2.75) is 24.9 Å². The van der Waals surface area contributed by atoms with Crippen molar-refractivity contribution >= 4 is 33.3 Å². The maximum absolute atomic E-state index is 13.7. The van der Waals surface area contributed by atoms with Gasteiger partial charge in [0.25, 0.3) is 0 Å². The maximum atomic E-state index is 13.7. The van der Waals surface area contributed by atoms with Gasteiger partial charge in [0.05, 0.1) is 17.4 Å². The summed E-state index contributed by atoms with van der Waals surface area (Å²) in [6, 6.07) is 24.6. The van der Waals surface area contributed by atoms with Crippen LogP contribution in [0.1, 0.15) is 45.5 Å². The van der Waals surface area contributed by atoms with Gasteiger partial charge in [-0.25, -0.2) is 0 Å². The number of carbonyl (C=O) groups excluding carboxylic acids is 3. The van der Waals surface area contributed by atoms with E-state index in [-0.39, 0.29) is 23.8 Å². The molecule has 0 saturated heterocycles. The van der Waals surface area contributed by atoms with Gasteiger partial charge in [0.1, 0.15) is 5.78 Å². The van der Waals surface area contributed by atoms with Crippen molar-refractivity contribution in [2.24, 2.45) is 11.8 Å². The van der Waals surface area contributed by atoms with Gasteiger partial charge in [-0.2, -0.15) is 0 Å². The van der Waals surface area contributed by atoms with Crippen LogP contribution in [-0.4, -0.2) is 28.1 Å². The maximum Gasteiger partial charge on any atom is 0.173 e. The molecule has 1 saturated carbocycles. The number of carbonyl (C=O) groups is 3. The van der Waals surface area contributed by atoms with Gasteiger partial charge >= 0.3 is 0 Å². The second-order valence-corrected chi connectivity index (χ2v) is 9.41. The molecule has 0 bridgehead atoms. The van der Waals surface area contributed by atoms with Crippen LogP contribution in [0, 0.1) is 11.8 Å². The standard InChI is InChI=1S/C27H23BrO4/c1-27(32)16-21(29)23(25(30)18-8-4-2-5-9-18)22(17-12-14-20(28)15-13-17)24(27)26(31)19-10-6-3-7-11-19/h2-15,22-24,32H,16H2,1H3/t22-,23-,24-,27-/m1/s1. The van der Waals surface area contributed by atoms with Gasteiger partial charge in [-0.15, -0.1) is 0 Å². The first-order valence-electron chi connectivity index (χ1n) is 10.5. The highest BCUT2D eigenvalue weighted by atomic mass is 79.9. The summed E-state index contributed by atoms with van der Waals surface area (Å²) < 4.78 is 0.840. The number of ketones is 3. The fourth-order valence-corrected chi connectivity index (χ4v) is 5.01. The molecule has 0 radical (unpaired) electrons. The van der Waals surface area contributed by atoms with E-state index in [1.165, 1.54) is 6.92 Å². The number of hydrogen-bond donors (Lipinski definition) is 1. The largest absolute Gasteiger partial charge is 0.389 e. The van der Waals surface area contributed by atoms with Crippen LogP contribution in [0.4, 0.5) is 0 Å². The summed E-state index contributed by atoms with van der Waals surface area (Å²) in [6.07, 6.45) is -0.257. The van der Waals surface area contributed by atoms with Gasteiger partial charge in [0.2, 0.25) is 0 Å². The molecule has 1 N–H and O–H groups in total. The minimum absolute atomic E-state index is 0.257. The van der Waals surface area contributed by atoms with E-state index < -0.39 is 23.4 Å². The third-order valence-corrected chi connectivity index (χ3v) is 6.73. The van der Waals surface area contributed by atoms with Crippen LogP contribution >= 0.6 is 15.9 Å². The van der Waals surface area contributed by atoms with Crippen LogP contribution in [0.25, 0.3) is 0 Å². The number of Topliss-reactive ketones (excluding diaryl/α,β-unsaturated/α-hetero) is 3. The first-order chi connectivity index (χ1) is 15.3. The molecular weight excluding hydrogens is 468 g/mol. The smallest absolute Gasteiger partial charge is 0.173 e. The molecule has 0 amide bonds. The minimum Gasteiger partial charge on any atom is -0.389 e. The molecule has 4 atom stereocenters. The number of halogens is 1. The Morgan fingerprint density at radius 3 is 1.88 bits per heavy atom. The van der Waals surface area contributed by atoms with Crippen LogP contribution in [-0.2, 0) is 4.79 Å². The third-order valence-electron chi connectivity index (χ3n) is 6.20. The van der Waals surface area contributed by atoms with Gasteiger partial charge in [-0.3, -0.25) is 14.4 Å². The molecule has 4 nitrogen and oxygen atoms in total. The summed E-state index contributed by atoms with van der Waals surface area (Å²) >= 11 is 3.42. The summed E-state index contributed by atoms with van der Waals surface area (Å²) in [5.74, 6) is -3.77. The summed E-state index contributed by atoms with van der Waals surface area (Å²) in [4.78, 5) is 40.5. The number of benzene rings is 3. The van der Waals surface area contributed by atoms with Crippen LogP contribution in [0.2, 0.25) is 0 Å². The SMILES string of the molecule is C[C@@]1(O)CC(=O)[C@@H](C(=O)c2ccccc2)[C@@H](c2ccc(Br)cc2)[C@@H]1C(=O)c1ccccc1. The quantitative estimate of drug-likeness (QED) is 0.391. The number of hydrogen-bond acceptors (Lipinski definition) is 4. The topological polar surface area (TPSA) is 71.4 Å². The molecule has 1 aliphatic carbocycles. The predicted octanol–water partition coefficient (Wildman–Crippen LogP) is 5.25. The molecule has 1 fully saturated rings. The van der Waals surface area contributed by atoms with E-state index in [9.17, 15) is 19.5 Å². The zero-order valence-corrected chi connectivity index (χ0v) is 19.2. The van der Waals surface area contributed by atoms with Gasteiger partial charge in [-0.05, 0) is 24.6 Å². The van der Waals surface area contributed by atoms with E-state index in [2.05, 4.69) is 15.9 Å². The molecule has 32 heavy (non-hydrogen) atoms. The molecule has 3 aromatic carbocycles. The summed E-state index contributed by atoms with van der Waals surface area (Å²) in [6.45, 7) is 1.52. The van der Waals surface area contributed by atoms with E-state index >= 15 is 0 Å². The van der Waals surface area contributed by atoms with Crippen LogP contribution in [0.3, 0.4) is 0 Å². The highest BCUT2D eigenvalue weighted by molar-refractivity contribution is 9.10. The lowest BCUT2D eigenvalue weighted by molar-refractivity contribution is -0.134. The lowest BCUT2D eigenvalue weighted by Crippen LogP contribution is -2.54. The summed E-state index contributed by atoms with van der Waals surface area (Å²) in [5, 5.41) is 11.3. The molecule has 162 valence electrons. The molecule has 3 aromatic rings. The fraction of sp³-hybridized carbons (Fsp3) is 0.222. The Balaban J connectivity index is 1.89. The summed E-state index contributed by atoms with van der Waals surface area (Å²) in [7, 11) is 0. The molecular formula is C27H23BrO4. The van der Waals surface area contributed by atoms with Crippen LogP contribution in [0.5, 0.6) is 0 Å². The van der Waals surface area contributed by atoms with Gasteiger partial charge in [-0.1, -0.05) is 88.7 Å². The van der Waals surface area contributed by atoms with Crippen LogP contribution in [0.15, 0.2) is 89.4 Å². The second kappa shape index (κ2) is 8.93. The Morgan fingerprint density at radius 2 is 1.34 bits per heavy atom. The average Bonchev–Trinajstić information content (AvgIpc) is 2.79. The Hall–Kier alpha value is -2.89. The van der Waals surface area contributed by atoms with Crippen molar-refractivity contribution in [1.82, 2.24) is 0 Å². The predicted molar refractivity (Wildman–Crippen MR) is 126 cm³/mol. The van der Waals surface area contributed by atoms with Gasteiger partial charge < -0.3 is 5.11 Å². The molecule has 0 unspecified atom stereocenters. The minimum atomic E-state index is -1.59. The Bertz CT molecular complexity index is 1140. The van der Waals surface area contributed by atoms with Crippen molar-refractivity contribution < 1.29 is 19.5 Å². The van der Waals surface area contributed by atoms with E-state index in [1.54, 1.807) is 66.7 Å². The number of aliphatic hydroxyl groups is 1. The zero-order chi connectivity index (χ0) is 22.9. The van der Waals surface area contributed by atoms with E-state index in [0.29, 0.717) is 16.7 Å². The molecule has 1 aliphatic rings.